The van der Waals surface area contributed by atoms with Crippen molar-refractivity contribution in [1.82, 2.24) is 0 Å². The van der Waals surface area contributed by atoms with Gasteiger partial charge in [0.15, 0.2) is 9.84 Å². The highest BCUT2D eigenvalue weighted by Gasteiger charge is 2.18. The van der Waals surface area contributed by atoms with Crippen molar-refractivity contribution < 1.29 is 43.3 Å². The first-order valence-electron chi connectivity index (χ1n) is 8.25. The van der Waals surface area contributed by atoms with Crippen molar-refractivity contribution in [3.8, 4) is 5.75 Å². The molecule has 0 saturated carbocycles. The quantitative estimate of drug-likeness (QED) is 0.387. The lowest BCUT2D eigenvalue weighted by Crippen LogP contribution is -2.15. The number of aryl methyl sites for hydroxylation is 1. The van der Waals surface area contributed by atoms with E-state index in [1.165, 1.54) is 44.4 Å². The summed E-state index contributed by atoms with van der Waals surface area (Å²) in [6.45, 7) is 0.707. The molecule has 15 heteroatoms. The molecule has 0 aromatic heterocycles. The maximum Gasteiger partial charge on any atom is 0.397 e. The van der Waals surface area contributed by atoms with Crippen molar-refractivity contribution in [1.29, 1.82) is 0 Å². The highest BCUT2D eigenvalue weighted by atomic mass is 32.3. The summed E-state index contributed by atoms with van der Waals surface area (Å²) < 4.78 is 95.1. The first kappa shape index (κ1) is 24.8. The largest absolute Gasteiger partial charge is 0.494 e. The van der Waals surface area contributed by atoms with Gasteiger partial charge >= 0.3 is 10.4 Å². The summed E-state index contributed by atoms with van der Waals surface area (Å²) in [7, 11) is -11.8. The van der Waals surface area contributed by atoms with E-state index in [-0.39, 0.29) is 32.5 Å². The second-order valence-electron chi connectivity index (χ2n) is 6.03. The van der Waals surface area contributed by atoms with Gasteiger partial charge in [0.05, 0.1) is 34.9 Å². The van der Waals surface area contributed by atoms with Gasteiger partial charge in [0.1, 0.15) is 11.4 Å². The Kier molecular flexibility index (Phi) is 7.51. The van der Waals surface area contributed by atoms with Gasteiger partial charge in [0.25, 0.3) is 10.1 Å². The van der Waals surface area contributed by atoms with Crippen LogP contribution < -0.4 is 4.74 Å². The number of sulfone groups is 1. The summed E-state index contributed by atoms with van der Waals surface area (Å²) in [4.78, 5) is -0.511. The highest BCUT2D eigenvalue weighted by Crippen LogP contribution is 2.34. The summed E-state index contributed by atoms with van der Waals surface area (Å²) in [5.41, 5.74) is 0.467. The van der Waals surface area contributed by atoms with Crippen LogP contribution in [0.5, 0.6) is 5.75 Å². The molecule has 31 heavy (non-hydrogen) atoms. The van der Waals surface area contributed by atoms with Crippen LogP contribution in [0.1, 0.15) is 5.56 Å². The van der Waals surface area contributed by atoms with Gasteiger partial charge in [-0.1, -0.05) is 0 Å². The lowest BCUT2D eigenvalue weighted by molar-refractivity contribution is 0.284. The van der Waals surface area contributed by atoms with Crippen LogP contribution in [0.4, 0.5) is 11.4 Å². The predicted octanol–water partition coefficient (Wildman–Crippen LogP) is 2.26. The van der Waals surface area contributed by atoms with E-state index in [2.05, 4.69) is 14.4 Å². The molecule has 170 valence electrons. The number of azo groups is 1. The first-order chi connectivity index (χ1) is 14.2. The van der Waals surface area contributed by atoms with Crippen LogP contribution in [-0.4, -0.2) is 53.8 Å². The van der Waals surface area contributed by atoms with Gasteiger partial charge < -0.3 is 4.74 Å². The fourth-order valence-corrected chi connectivity index (χ4v) is 4.58. The number of hydrogen-bond acceptors (Lipinski definition) is 10. The maximum atomic E-state index is 12.1. The molecule has 0 amide bonds. The molecular weight excluding hydrogens is 476 g/mol. The number of hydrogen-bond donors (Lipinski definition) is 2. The Morgan fingerprint density at radius 2 is 1.55 bits per heavy atom. The molecule has 0 fully saturated rings. The normalized spacial score (nSPS) is 12.9. The van der Waals surface area contributed by atoms with Crippen LogP contribution >= 0.6 is 0 Å². The van der Waals surface area contributed by atoms with E-state index in [4.69, 9.17) is 9.29 Å². The van der Waals surface area contributed by atoms with E-state index in [0.717, 1.165) is 6.07 Å². The Morgan fingerprint density at radius 1 is 0.935 bits per heavy atom. The zero-order valence-corrected chi connectivity index (χ0v) is 18.6. The van der Waals surface area contributed by atoms with Crippen LogP contribution in [0.15, 0.2) is 56.4 Å². The SMILES string of the molecule is COc1cc(C)c(S(=O)(=O)O)cc1N=Nc1ccc(S(=O)(=O)CCOS(=O)(=O)O)cc1. The molecule has 0 aliphatic carbocycles. The molecule has 2 aromatic carbocycles. The van der Waals surface area contributed by atoms with Crippen LogP contribution in [0.3, 0.4) is 0 Å². The summed E-state index contributed by atoms with van der Waals surface area (Å²) >= 11 is 0. The van der Waals surface area contributed by atoms with E-state index in [9.17, 15) is 29.8 Å². The highest BCUT2D eigenvalue weighted by molar-refractivity contribution is 7.91. The number of benzene rings is 2. The zero-order chi connectivity index (χ0) is 23.4. The number of nitrogens with zero attached hydrogens (tertiary/aromatic N) is 2. The van der Waals surface area contributed by atoms with Gasteiger partial charge in [0, 0.05) is 0 Å². The predicted molar refractivity (Wildman–Crippen MR) is 108 cm³/mol. The third kappa shape index (κ3) is 7.05. The van der Waals surface area contributed by atoms with Gasteiger partial charge in [-0.15, -0.1) is 5.11 Å². The fraction of sp³-hybridized carbons (Fsp3) is 0.250. The smallest absolute Gasteiger partial charge is 0.397 e. The average Bonchev–Trinajstić information content (AvgIpc) is 2.64. The monoisotopic (exact) mass is 494 g/mol. The third-order valence-electron chi connectivity index (χ3n) is 3.81. The van der Waals surface area contributed by atoms with E-state index in [1.54, 1.807) is 0 Å². The molecule has 0 bridgehead atoms. The lowest BCUT2D eigenvalue weighted by Gasteiger charge is -2.08. The van der Waals surface area contributed by atoms with Crippen LogP contribution in [-0.2, 0) is 34.5 Å². The molecule has 0 aliphatic heterocycles. The molecular formula is C16H18N2O10S3. The molecule has 2 aromatic rings. The minimum Gasteiger partial charge on any atom is -0.494 e. The molecule has 0 saturated heterocycles. The van der Waals surface area contributed by atoms with Gasteiger partial charge in [-0.25, -0.2) is 12.6 Å². The van der Waals surface area contributed by atoms with Gasteiger partial charge in [0.2, 0.25) is 0 Å². The van der Waals surface area contributed by atoms with Crippen LogP contribution in [0.2, 0.25) is 0 Å². The van der Waals surface area contributed by atoms with Crippen LogP contribution in [0.25, 0.3) is 0 Å². The van der Waals surface area contributed by atoms with E-state index < -0.39 is 42.7 Å². The summed E-state index contributed by atoms with van der Waals surface area (Å²) in [5, 5.41) is 7.78. The lowest BCUT2D eigenvalue weighted by atomic mass is 10.2. The maximum absolute atomic E-state index is 12.1. The number of ether oxygens (including phenoxy) is 1. The summed E-state index contributed by atoms with van der Waals surface area (Å²) in [5.74, 6) is -0.487. The van der Waals surface area contributed by atoms with Crippen molar-refractivity contribution in [2.24, 2.45) is 10.2 Å². The molecule has 12 nitrogen and oxygen atoms in total. The molecule has 0 radical (unpaired) electrons. The average molecular weight is 495 g/mol. The van der Waals surface area contributed by atoms with E-state index >= 15 is 0 Å². The summed E-state index contributed by atoms with van der Waals surface area (Å²) in [6.07, 6.45) is 0. The Balaban J connectivity index is 2.25. The van der Waals surface area contributed by atoms with E-state index in [0.29, 0.717) is 0 Å². The van der Waals surface area contributed by atoms with Gasteiger partial charge in [-0.2, -0.15) is 21.9 Å². The second-order valence-corrected chi connectivity index (χ2v) is 10.6. The van der Waals surface area contributed by atoms with Gasteiger partial charge in [-0.3, -0.25) is 9.11 Å². The standard InChI is InChI=1S/C16H18N2O10S3/c1-11-9-15(27-2)14(10-16(11)30(21,22)23)18-17-12-3-5-13(6-4-12)29(19,20)8-7-28-31(24,25)26/h3-6,9-10H,7-8H2,1-2H3,(H,21,22,23)(H,24,25,26). The first-order valence-corrected chi connectivity index (χ1v) is 12.7. The third-order valence-corrected chi connectivity index (χ3v) is 6.96. The minimum atomic E-state index is -4.75. The topological polar surface area (TPSA) is 186 Å². The molecule has 0 heterocycles. The minimum absolute atomic E-state index is 0.0137. The number of methoxy groups -OCH3 is 1. The summed E-state index contributed by atoms with van der Waals surface area (Å²) in [6, 6.07) is 7.47. The Bertz CT molecular complexity index is 1300. The van der Waals surface area contributed by atoms with Crippen molar-refractivity contribution in [2.75, 3.05) is 19.5 Å². The zero-order valence-electron chi connectivity index (χ0n) is 16.2. The van der Waals surface area contributed by atoms with Crippen LogP contribution in [0, 0.1) is 6.92 Å². The second kappa shape index (κ2) is 9.37. The Morgan fingerprint density at radius 3 is 2.06 bits per heavy atom. The van der Waals surface area contributed by atoms with Crippen molar-refractivity contribution in [2.45, 2.75) is 16.7 Å². The van der Waals surface area contributed by atoms with Gasteiger partial charge in [-0.05, 0) is 48.9 Å². The number of rotatable bonds is 9. The Hall–Kier alpha value is -2.43. The van der Waals surface area contributed by atoms with Crippen molar-refractivity contribution >= 4 is 41.7 Å². The molecule has 0 atom stereocenters. The van der Waals surface area contributed by atoms with Crippen molar-refractivity contribution in [3.05, 3.63) is 42.0 Å². The molecule has 2 N–H and O–H groups in total. The fourth-order valence-electron chi connectivity index (χ4n) is 2.37. The molecule has 0 spiro atoms. The van der Waals surface area contributed by atoms with Crippen molar-refractivity contribution in [3.63, 3.8) is 0 Å². The molecule has 2 rings (SSSR count). The molecule has 0 aliphatic rings. The van der Waals surface area contributed by atoms with E-state index in [1.807, 2.05) is 0 Å². The molecule has 0 unspecified atom stereocenters. The Labute approximate surface area is 179 Å².